The first-order valence-electron chi connectivity index (χ1n) is 17.2. The molecule has 0 spiro atoms. The number of hydrogen-bond acceptors (Lipinski definition) is 1. The summed E-state index contributed by atoms with van der Waals surface area (Å²) in [6, 6.07) is 70.4. The highest BCUT2D eigenvalue weighted by atomic mass is 15.1. The van der Waals surface area contributed by atoms with E-state index in [1.807, 2.05) is 0 Å². The minimum Gasteiger partial charge on any atom is -0.310 e. The summed E-state index contributed by atoms with van der Waals surface area (Å²) >= 11 is 0. The number of nitrogens with zero attached hydrogens (tertiary/aromatic N) is 2. The number of rotatable bonds is 5. The van der Waals surface area contributed by atoms with Gasteiger partial charge in [0.2, 0.25) is 0 Å². The maximum Gasteiger partial charge on any atom is 0.0625 e. The number of para-hydroxylation sites is 1. The van der Waals surface area contributed by atoms with Gasteiger partial charge in [0.1, 0.15) is 0 Å². The third kappa shape index (κ3) is 4.50. The van der Waals surface area contributed by atoms with Gasteiger partial charge in [-0.05, 0) is 92.7 Å². The molecule has 0 amide bonds. The Morgan fingerprint density at radius 1 is 0.340 bits per heavy atom. The molecule has 50 heavy (non-hydrogen) atoms. The fourth-order valence-corrected chi connectivity index (χ4v) is 7.85. The van der Waals surface area contributed by atoms with Gasteiger partial charge in [0.25, 0.3) is 0 Å². The summed E-state index contributed by atoms with van der Waals surface area (Å²) in [5.41, 5.74) is 9.35. The van der Waals surface area contributed by atoms with Crippen LogP contribution in [0.2, 0.25) is 0 Å². The molecule has 1 heterocycles. The van der Waals surface area contributed by atoms with Crippen LogP contribution < -0.4 is 4.90 Å². The van der Waals surface area contributed by atoms with E-state index in [-0.39, 0.29) is 0 Å². The summed E-state index contributed by atoms with van der Waals surface area (Å²) in [7, 11) is 0. The van der Waals surface area contributed by atoms with Gasteiger partial charge in [-0.1, -0.05) is 140 Å². The predicted molar refractivity (Wildman–Crippen MR) is 213 cm³/mol. The van der Waals surface area contributed by atoms with Crippen LogP contribution in [0.4, 0.5) is 17.1 Å². The molecule has 0 radical (unpaired) electrons. The molecule has 0 aliphatic rings. The molecule has 10 rings (SSSR count). The van der Waals surface area contributed by atoms with E-state index in [0.717, 1.165) is 22.7 Å². The monoisotopic (exact) mass is 636 g/mol. The largest absolute Gasteiger partial charge is 0.310 e. The van der Waals surface area contributed by atoms with Crippen molar-refractivity contribution < 1.29 is 0 Å². The fourth-order valence-electron chi connectivity index (χ4n) is 7.85. The molecule has 1 aromatic heterocycles. The van der Waals surface area contributed by atoms with Gasteiger partial charge in [-0.2, -0.15) is 0 Å². The lowest BCUT2D eigenvalue weighted by Gasteiger charge is -2.26. The molecule has 0 saturated heterocycles. The van der Waals surface area contributed by atoms with Crippen LogP contribution in [0.5, 0.6) is 0 Å². The summed E-state index contributed by atoms with van der Waals surface area (Å²) in [6.07, 6.45) is 0. The molecule has 10 aromatic rings. The van der Waals surface area contributed by atoms with Crippen LogP contribution in [0.3, 0.4) is 0 Å². The minimum atomic E-state index is 1.11. The van der Waals surface area contributed by atoms with E-state index in [4.69, 9.17) is 0 Å². The van der Waals surface area contributed by atoms with E-state index < -0.39 is 0 Å². The molecular formula is C48H32N2. The highest BCUT2D eigenvalue weighted by Gasteiger charge is 2.21. The Balaban J connectivity index is 1.27. The van der Waals surface area contributed by atoms with Crippen LogP contribution in [0.25, 0.3) is 70.9 Å². The minimum absolute atomic E-state index is 1.11. The highest BCUT2D eigenvalue weighted by molar-refractivity contribution is 6.32. The SMILES string of the molecule is c1ccc(-c2ccc(N(c3ccc4ccccc4c3)c3ccc4c(c3)c3c5ccccc5c5ccccc5c3n4-c3ccccc3)cc2)cc1. The van der Waals surface area contributed by atoms with Crippen molar-refractivity contribution in [2.45, 2.75) is 0 Å². The third-order valence-electron chi connectivity index (χ3n) is 10.1. The van der Waals surface area contributed by atoms with Crippen LogP contribution in [-0.2, 0) is 0 Å². The van der Waals surface area contributed by atoms with Crippen molar-refractivity contribution in [3.63, 3.8) is 0 Å². The van der Waals surface area contributed by atoms with Crippen molar-refractivity contribution in [2.75, 3.05) is 4.90 Å². The van der Waals surface area contributed by atoms with Crippen molar-refractivity contribution >= 4 is 71.2 Å². The molecule has 0 unspecified atom stereocenters. The van der Waals surface area contributed by atoms with Gasteiger partial charge >= 0.3 is 0 Å². The maximum atomic E-state index is 2.46. The van der Waals surface area contributed by atoms with E-state index >= 15 is 0 Å². The van der Waals surface area contributed by atoms with Crippen LogP contribution in [-0.4, -0.2) is 4.57 Å². The molecule has 0 fully saturated rings. The Kier molecular flexibility index (Phi) is 6.53. The second-order valence-corrected chi connectivity index (χ2v) is 13.0. The van der Waals surface area contributed by atoms with Gasteiger partial charge < -0.3 is 9.47 Å². The summed E-state index contributed by atoms with van der Waals surface area (Å²) in [5.74, 6) is 0. The summed E-state index contributed by atoms with van der Waals surface area (Å²) in [4.78, 5) is 2.40. The van der Waals surface area contributed by atoms with Gasteiger partial charge in [-0.25, -0.2) is 0 Å². The van der Waals surface area contributed by atoms with Crippen molar-refractivity contribution in [2.24, 2.45) is 0 Å². The smallest absolute Gasteiger partial charge is 0.0625 e. The summed E-state index contributed by atoms with van der Waals surface area (Å²) in [6.45, 7) is 0. The maximum absolute atomic E-state index is 2.46. The predicted octanol–water partition coefficient (Wildman–Crippen LogP) is 13.4. The van der Waals surface area contributed by atoms with E-state index in [9.17, 15) is 0 Å². The van der Waals surface area contributed by atoms with Crippen molar-refractivity contribution in [1.82, 2.24) is 4.57 Å². The molecule has 0 saturated carbocycles. The average Bonchev–Trinajstić information content (AvgIpc) is 3.54. The Morgan fingerprint density at radius 2 is 0.880 bits per heavy atom. The van der Waals surface area contributed by atoms with E-state index in [1.165, 1.54) is 65.3 Å². The van der Waals surface area contributed by atoms with E-state index in [2.05, 4.69) is 204 Å². The third-order valence-corrected chi connectivity index (χ3v) is 10.1. The zero-order valence-electron chi connectivity index (χ0n) is 27.4. The Bertz CT molecular complexity index is 2850. The van der Waals surface area contributed by atoms with Crippen LogP contribution in [0, 0.1) is 0 Å². The molecular weight excluding hydrogens is 605 g/mol. The van der Waals surface area contributed by atoms with Crippen LogP contribution in [0.1, 0.15) is 0 Å². The number of benzene rings is 9. The van der Waals surface area contributed by atoms with Crippen molar-refractivity contribution in [3.8, 4) is 16.8 Å². The number of hydrogen-bond donors (Lipinski definition) is 0. The molecule has 0 aliphatic heterocycles. The zero-order valence-corrected chi connectivity index (χ0v) is 27.4. The lowest BCUT2D eigenvalue weighted by molar-refractivity contribution is 1.19. The van der Waals surface area contributed by atoms with Gasteiger partial charge in [0.15, 0.2) is 0 Å². The molecule has 9 aromatic carbocycles. The number of fused-ring (bicyclic) bond motifs is 9. The van der Waals surface area contributed by atoms with Crippen LogP contribution >= 0.6 is 0 Å². The van der Waals surface area contributed by atoms with Crippen molar-refractivity contribution in [3.05, 3.63) is 194 Å². The molecule has 2 heteroatoms. The second kappa shape index (κ2) is 11.5. The lowest BCUT2D eigenvalue weighted by atomic mass is 9.96. The first-order chi connectivity index (χ1) is 24.8. The number of anilines is 3. The van der Waals surface area contributed by atoms with Gasteiger partial charge in [-0.3, -0.25) is 0 Å². The molecule has 0 atom stereocenters. The van der Waals surface area contributed by atoms with E-state index in [1.54, 1.807) is 0 Å². The van der Waals surface area contributed by atoms with Crippen LogP contribution in [0.15, 0.2) is 194 Å². The molecule has 0 aliphatic carbocycles. The Labute approximate surface area is 290 Å². The standard InChI is InChI=1S/C48H32N2/c1-3-13-33(14-4-1)35-23-26-38(27-24-35)49(39-28-25-34-15-7-8-16-36(34)31-39)40-29-30-46-45(32-40)47-43-21-11-9-19-41(43)42-20-10-12-22-44(42)48(47)50(46)37-17-5-2-6-18-37/h1-32H. The van der Waals surface area contributed by atoms with Gasteiger partial charge in [-0.15, -0.1) is 0 Å². The molecule has 0 N–H and O–H groups in total. The summed E-state index contributed by atoms with van der Waals surface area (Å²) < 4.78 is 2.46. The van der Waals surface area contributed by atoms with Gasteiger partial charge in [0.05, 0.1) is 11.0 Å². The van der Waals surface area contributed by atoms with E-state index in [0.29, 0.717) is 0 Å². The first kappa shape index (κ1) is 28.4. The fraction of sp³-hybridized carbons (Fsp3) is 0. The first-order valence-corrected chi connectivity index (χ1v) is 17.2. The quantitative estimate of drug-likeness (QED) is 0.171. The van der Waals surface area contributed by atoms with Crippen molar-refractivity contribution in [1.29, 1.82) is 0 Å². The molecule has 2 nitrogen and oxygen atoms in total. The second-order valence-electron chi connectivity index (χ2n) is 13.0. The highest BCUT2D eigenvalue weighted by Crippen LogP contribution is 2.45. The normalized spacial score (nSPS) is 11.6. The Morgan fingerprint density at radius 3 is 1.64 bits per heavy atom. The molecule has 0 bridgehead atoms. The average molecular weight is 637 g/mol. The van der Waals surface area contributed by atoms with Gasteiger partial charge in [0, 0.05) is 38.9 Å². The number of aromatic nitrogens is 1. The lowest BCUT2D eigenvalue weighted by Crippen LogP contribution is -2.10. The Hall–Kier alpha value is -6.64. The zero-order chi connectivity index (χ0) is 33.0. The topological polar surface area (TPSA) is 8.17 Å². The summed E-state index contributed by atoms with van der Waals surface area (Å²) in [5, 5.41) is 10.0. The molecule has 234 valence electrons.